The van der Waals surface area contributed by atoms with E-state index in [9.17, 15) is 8.78 Å². The SMILES string of the molecule is CNC(Cc1cccc(Cl)c1)c1cccc(F)c1F. The summed E-state index contributed by atoms with van der Waals surface area (Å²) < 4.78 is 27.0. The van der Waals surface area contributed by atoms with Crippen LogP contribution in [0.1, 0.15) is 17.2 Å². The first-order chi connectivity index (χ1) is 9.11. The fourth-order valence-electron chi connectivity index (χ4n) is 2.06. The predicted molar refractivity (Wildman–Crippen MR) is 73.3 cm³/mol. The molecule has 2 aromatic rings. The second-order valence-corrected chi connectivity index (χ2v) is 4.75. The number of nitrogens with one attached hydrogen (secondary N) is 1. The molecule has 0 spiro atoms. The van der Waals surface area contributed by atoms with Crippen LogP contribution in [-0.2, 0) is 6.42 Å². The van der Waals surface area contributed by atoms with Gasteiger partial charge in [-0.3, -0.25) is 0 Å². The third-order valence-corrected chi connectivity index (χ3v) is 3.27. The molecule has 0 aromatic heterocycles. The molecule has 1 nitrogen and oxygen atoms in total. The molecule has 1 atom stereocenters. The summed E-state index contributed by atoms with van der Waals surface area (Å²) in [5, 5.41) is 3.64. The van der Waals surface area contributed by atoms with Crippen molar-refractivity contribution in [1.82, 2.24) is 5.32 Å². The molecule has 0 aliphatic carbocycles. The molecule has 0 saturated heterocycles. The maximum Gasteiger partial charge on any atom is 0.163 e. The number of rotatable bonds is 4. The van der Waals surface area contributed by atoms with Crippen LogP contribution >= 0.6 is 11.6 Å². The average Bonchev–Trinajstić information content (AvgIpc) is 2.40. The van der Waals surface area contributed by atoms with Gasteiger partial charge in [0.15, 0.2) is 11.6 Å². The molecule has 1 N–H and O–H groups in total. The molecule has 19 heavy (non-hydrogen) atoms. The molecule has 2 rings (SSSR count). The molecule has 2 aromatic carbocycles. The first kappa shape index (κ1) is 14.0. The molecule has 0 fully saturated rings. The fraction of sp³-hybridized carbons (Fsp3) is 0.200. The monoisotopic (exact) mass is 281 g/mol. The standard InChI is InChI=1S/C15H14ClF2N/c1-19-14(9-10-4-2-5-11(16)8-10)12-6-3-7-13(17)15(12)18/h2-8,14,19H,9H2,1H3. The van der Waals surface area contributed by atoms with Gasteiger partial charge in [0.25, 0.3) is 0 Å². The minimum atomic E-state index is -0.830. The van der Waals surface area contributed by atoms with Crippen LogP contribution in [0.4, 0.5) is 8.78 Å². The highest BCUT2D eigenvalue weighted by Gasteiger charge is 2.17. The van der Waals surface area contributed by atoms with Crippen molar-refractivity contribution in [2.24, 2.45) is 0 Å². The van der Waals surface area contributed by atoms with Gasteiger partial charge in [-0.25, -0.2) is 8.78 Å². The van der Waals surface area contributed by atoms with Gasteiger partial charge in [-0.05, 0) is 37.2 Å². The number of likely N-dealkylation sites (N-methyl/N-ethyl adjacent to an activating group) is 1. The van der Waals surface area contributed by atoms with E-state index in [0.29, 0.717) is 17.0 Å². The van der Waals surface area contributed by atoms with E-state index >= 15 is 0 Å². The van der Waals surface area contributed by atoms with Crippen LogP contribution in [0.2, 0.25) is 5.02 Å². The van der Waals surface area contributed by atoms with Gasteiger partial charge in [0.05, 0.1) is 0 Å². The number of benzene rings is 2. The van der Waals surface area contributed by atoms with Gasteiger partial charge >= 0.3 is 0 Å². The van der Waals surface area contributed by atoms with Crippen molar-refractivity contribution in [3.05, 3.63) is 70.2 Å². The highest BCUT2D eigenvalue weighted by molar-refractivity contribution is 6.30. The van der Waals surface area contributed by atoms with Crippen LogP contribution in [0.3, 0.4) is 0 Å². The molecular formula is C15H14ClF2N. The molecule has 0 saturated carbocycles. The van der Waals surface area contributed by atoms with Gasteiger partial charge in [0.1, 0.15) is 0 Å². The highest BCUT2D eigenvalue weighted by atomic mass is 35.5. The molecule has 100 valence electrons. The minimum Gasteiger partial charge on any atom is -0.313 e. The van der Waals surface area contributed by atoms with Crippen molar-refractivity contribution in [3.8, 4) is 0 Å². The van der Waals surface area contributed by atoms with Crippen LogP contribution in [0.15, 0.2) is 42.5 Å². The van der Waals surface area contributed by atoms with Crippen LogP contribution in [0.5, 0.6) is 0 Å². The molecule has 1 unspecified atom stereocenters. The Hall–Kier alpha value is -1.45. The molecule has 0 bridgehead atoms. The quantitative estimate of drug-likeness (QED) is 0.889. The zero-order valence-corrected chi connectivity index (χ0v) is 11.2. The van der Waals surface area contributed by atoms with Gasteiger partial charge in [-0.1, -0.05) is 35.9 Å². The minimum absolute atomic E-state index is 0.297. The Morgan fingerprint density at radius 2 is 1.89 bits per heavy atom. The predicted octanol–water partition coefficient (Wildman–Crippen LogP) is 4.12. The number of halogens is 3. The van der Waals surface area contributed by atoms with Crippen LogP contribution in [-0.4, -0.2) is 7.05 Å². The Labute approximate surface area is 116 Å². The highest BCUT2D eigenvalue weighted by Crippen LogP contribution is 2.23. The summed E-state index contributed by atoms with van der Waals surface area (Å²) in [4.78, 5) is 0. The van der Waals surface area contributed by atoms with E-state index in [1.807, 2.05) is 18.2 Å². The summed E-state index contributed by atoms with van der Waals surface area (Å²) >= 11 is 5.92. The Bertz CT molecular complexity index is 572. The van der Waals surface area contributed by atoms with Crippen molar-refractivity contribution in [1.29, 1.82) is 0 Å². The van der Waals surface area contributed by atoms with Crippen molar-refractivity contribution in [3.63, 3.8) is 0 Å². The topological polar surface area (TPSA) is 12.0 Å². The number of hydrogen-bond donors (Lipinski definition) is 1. The van der Waals surface area contributed by atoms with Gasteiger partial charge in [0.2, 0.25) is 0 Å². The zero-order chi connectivity index (χ0) is 13.8. The Balaban J connectivity index is 2.28. The van der Waals surface area contributed by atoms with Crippen LogP contribution < -0.4 is 5.32 Å². The Morgan fingerprint density at radius 1 is 1.16 bits per heavy atom. The smallest absolute Gasteiger partial charge is 0.163 e. The van der Waals surface area contributed by atoms with E-state index in [-0.39, 0.29) is 6.04 Å². The second kappa shape index (κ2) is 6.13. The lowest BCUT2D eigenvalue weighted by Gasteiger charge is -2.17. The zero-order valence-electron chi connectivity index (χ0n) is 10.5. The van der Waals surface area contributed by atoms with Crippen molar-refractivity contribution in [2.45, 2.75) is 12.5 Å². The van der Waals surface area contributed by atoms with E-state index < -0.39 is 11.6 Å². The molecule has 0 radical (unpaired) electrons. The maximum absolute atomic E-state index is 13.8. The summed E-state index contributed by atoms with van der Waals surface area (Å²) in [5.74, 6) is -1.63. The molecular weight excluding hydrogens is 268 g/mol. The van der Waals surface area contributed by atoms with E-state index in [1.165, 1.54) is 6.07 Å². The molecule has 0 amide bonds. The fourth-order valence-corrected chi connectivity index (χ4v) is 2.27. The first-order valence-corrected chi connectivity index (χ1v) is 6.35. The van der Waals surface area contributed by atoms with Crippen LogP contribution in [0, 0.1) is 11.6 Å². The molecule has 0 aliphatic heterocycles. The summed E-state index contributed by atoms with van der Waals surface area (Å²) in [7, 11) is 1.72. The van der Waals surface area contributed by atoms with Gasteiger partial charge in [-0.2, -0.15) is 0 Å². The third-order valence-electron chi connectivity index (χ3n) is 3.03. The summed E-state index contributed by atoms with van der Waals surface area (Å²) in [5.41, 5.74) is 1.29. The third kappa shape index (κ3) is 3.31. The number of hydrogen-bond acceptors (Lipinski definition) is 1. The first-order valence-electron chi connectivity index (χ1n) is 5.97. The maximum atomic E-state index is 13.8. The van der Waals surface area contributed by atoms with E-state index in [4.69, 9.17) is 11.6 Å². The summed E-state index contributed by atoms with van der Waals surface area (Å²) in [6.07, 6.45) is 0.539. The van der Waals surface area contributed by atoms with E-state index in [1.54, 1.807) is 19.2 Å². The Kier molecular flexibility index (Phi) is 4.51. The van der Waals surface area contributed by atoms with E-state index in [0.717, 1.165) is 11.6 Å². The van der Waals surface area contributed by atoms with Gasteiger partial charge < -0.3 is 5.32 Å². The van der Waals surface area contributed by atoms with Gasteiger partial charge in [-0.15, -0.1) is 0 Å². The molecule has 0 aliphatic rings. The summed E-state index contributed by atoms with van der Waals surface area (Å²) in [6, 6.07) is 11.3. The lowest BCUT2D eigenvalue weighted by Crippen LogP contribution is -2.20. The van der Waals surface area contributed by atoms with Gasteiger partial charge in [0, 0.05) is 16.6 Å². The van der Waals surface area contributed by atoms with E-state index in [2.05, 4.69) is 5.32 Å². The largest absolute Gasteiger partial charge is 0.313 e. The molecule has 4 heteroatoms. The average molecular weight is 282 g/mol. The molecule has 0 heterocycles. The van der Waals surface area contributed by atoms with Crippen molar-refractivity contribution in [2.75, 3.05) is 7.05 Å². The summed E-state index contributed by atoms with van der Waals surface area (Å²) in [6.45, 7) is 0. The lowest BCUT2D eigenvalue weighted by molar-refractivity contribution is 0.473. The second-order valence-electron chi connectivity index (χ2n) is 4.32. The van der Waals surface area contributed by atoms with Crippen molar-refractivity contribution >= 4 is 11.6 Å². The van der Waals surface area contributed by atoms with Crippen molar-refractivity contribution < 1.29 is 8.78 Å². The normalized spacial score (nSPS) is 12.4. The van der Waals surface area contributed by atoms with Crippen LogP contribution in [0.25, 0.3) is 0 Å². The Morgan fingerprint density at radius 3 is 2.58 bits per heavy atom. The lowest BCUT2D eigenvalue weighted by atomic mass is 9.98.